The second-order valence-electron chi connectivity index (χ2n) is 6.98. The van der Waals surface area contributed by atoms with Gasteiger partial charge in [0, 0.05) is 5.56 Å². The topological polar surface area (TPSA) is 38.8 Å². The number of rotatable bonds is 7. The Morgan fingerprint density at radius 3 is 2.58 bits per heavy atom. The van der Waals surface area contributed by atoms with Crippen molar-refractivity contribution in [2.75, 3.05) is 11.5 Å². The van der Waals surface area contributed by atoms with Crippen molar-refractivity contribution >= 4 is 57.6 Å². The van der Waals surface area contributed by atoms with Gasteiger partial charge in [-0.2, -0.15) is 0 Å². The molecule has 0 aromatic heterocycles. The fourth-order valence-corrected chi connectivity index (χ4v) is 4.76. The second-order valence-corrected chi connectivity index (χ2v) is 9.06. The largest absolute Gasteiger partial charge is 0.490 e. The van der Waals surface area contributed by atoms with E-state index in [4.69, 9.17) is 33.3 Å². The number of hydrogen-bond donors (Lipinski definition) is 0. The molecule has 1 aliphatic rings. The number of hydrogen-bond acceptors (Lipinski definition) is 5. The van der Waals surface area contributed by atoms with Crippen molar-refractivity contribution in [1.29, 1.82) is 0 Å². The molecule has 1 fully saturated rings. The molecule has 1 amide bonds. The molecular formula is C25H19ClFNO3S2. The van der Waals surface area contributed by atoms with Crippen molar-refractivity contribution in [2.24, 2.45) is 0 Å². The van der Waals surface area contributed by atoms with Gasteiger partial charge >= 0.3 is 0 Å². The van der Waals surface area contributed by atoms with E-state index in [9.17, 15) is 9.18 Å². The highest BCUT2D eigenvalue weighted by molar-refractivity contribution is 8.27. The zero-order chi connectivity index (χ0) is 23.4. The van der Waals surface area contributed by atoms with Gasteiger partial charge < -0.3 is 9.47 Å². The number of amides is 1. The Morgan fingerprint density at radius 2 is 1.85 bits per heavy atom. The van der Waals surface area contributed by atoms with Crippen molar-refractivity contribution in [3.8, 4) is 11.5 Å². The first-order valence-corrected chi connectivity index (χ1v) is 11.7. The van der Waals surface area contributed by atoms with Gasteiger partial charge in [0.1, 0.15) is 12.4 Å². The van der Waals surface area contributed by atoms with Gasteiger partial charge in [0.05, 0.1) is 22.2 Å². The van der Waals surface area contributed by atoms with Crippen molar-refractivity contribution in [1.82, 2.24) is 0 Å². The third kappa shape index (κ3) is 5.21. The fourth-order valence-electron chi connectivity index (χ4n) is 3.24. The quantitative estimate of drug-likeness (QED) is 0.262. The first-order valence-electron chi connectivity index (χ1n) is 10.1. The van der Waals surface area contributed by atoms with Crippen LogP contribution in [0.4, 0.5) is 10.1 Å². The van der Waals surface area contributed by atoms with Gasteiger partial charge in [-0.3, -0.25) is 9.69 Å². The van der Waals surface area contributed by atoms with Crippen LogP contribution >= 0.6 is 35.6 Å². The molecule has 0 N–H and O–H groups in total. The van der Waals surface area contributed by atoms with E-state index in [2.05, 4.69) is 0 Å². The predicted octanol–water partition coefficient (Wildman–Crippen LogP) is 6.86. The molecule has 4 nitrogen and oxygen atoms in total. The molecule has 0 unspecified atom stereocenters. The summed E-state index contributed by atoms with van der Waals surface area (Å²) >= 11 is 12.8. The Hall–Kier alpha value is -2.87. The number of para-hydroxylation sites is 1. The van der Waals surface area contributed by atoms with Crippen LogP contribution in [0.1, 0.15) is 18.1 Å². The zero-order valence-electron chi connectivity index (χ0n) is 17.6. The normalized spacial score (nSPS) is 14.8. The summed E-state index contributed by atoms with van der Waals surface area (Å²) in [6, 6.07) is 19.1. The molecule has 168 valence electrons. The predicted molar refractivity (Wildman–Crippen MR) is 135 cm³/mol. The standard InChI is InChI=1S/C25H19ClFNO3S2/c1-2-30-22-13-16(11-12-21(22)31-15-18-19(26)9-6-10-20(18)27)14-23-24(29)28(25(32)33-23)17-7-4-3-5-8-17/h3-14H,2,15H2,1H3/b23-14+. The van der Waals surface area contributed by atoms with Crippen LogP contribution in [0.25, 0.3) is 6.08 Å². The molecule has 33 heavy (non-hydrogen) atoms. The monoisotopic (exact) mass is 499 g/mol. The molecular weight excluding hydrogens is 481 g/mol. The van der Waals surface area contributed by atoms with Crippen LogP contribution in [0.3, 0.4) is 0 Å². The summed E-state index contributed by atoms with van der Waals surface area (Å²) in [4.78, 5) is 15.0. The molecule has 0 atom stereocenters. The first-order chi connectivity index (χ1) is 16.0. The van der Waals surface area contributed by atoms with Crippen molar-refractivity contribution in [3.05, 3.63) is 93.6 Å². The average Bonchev–Trinajstić information content (AvgIpc) is 3.08. The molecule has 0 bridgehead atoms. The van der Waals surface area contributed by atoms with Gasteiger partial charge in [0.25, 0.3) is 5.91 Å². The Labute approximate surface area is 206 Å². The van der Waals surface area contributed by atoms with E-state index in [-0.39, 0.29) is 18.1 Å². The Bertz CT molecular complexity index is 1210. The first kappa shape index (κ1) is 23.3. The lowest BCUT2D eigenvalue weighted by Gasteiger charge is -2.14. The van der Waals surface area contributed by atoms with Crippen LogP contribution in [0.5, 0.6) is 11.5 Å². The third-order valence-electron chi connectivity index (χ3n) is 4.81. The van der Waals surface area contributed by atoms with Gasteiger partial charge in [0.15, 0.2) is 15.8 Å². The van der Waals surface area contributed by atoms with E-state index in [1.807, 2.05) is 37.3 Å². The van der Waals surface area contributed by atoms with Gasteiger partial charge in [-0.1, -0.05) is 65.9 Å². The molecule has 0 aliphatic carbocycles. The van der Waals surface area contributed by atoms with Crippen LogP contribution in [0, 0.1) is 5.82 Å². The molecule has 1 heterocycles. The summed E-state index contributed by atoms with van der Waals surface area (Å²) in [5.41, 5.74) is 1.76. The van der Waals surface area contributed by atoms with Crippen LogP contribution in [0.15, 0.2) is 71.6 Å². The highest BCUT2D eigenvalue weighted by Crippen LogP contribution is 2.37. The lowest BCUT2D eigenvalue weighted by atomic mass is 10.1. The van der Waals surface area contributed by atoms with Crippen LogP contribution < -0.4 is 14.4 Å². The number of nitrogens with zero attached hydrogens (tertiary/aromatic N) is 1. The summed E-state index contributed by atoms with van der Waals surface area (Å²) in [7, 11) is 0. The highest BCUT2D eigenvalue weighted by Gasteiger charge is 2.33. The summed E-state index contributed by atoms with van der Waals surface area (Å²) < 4.78 is 26.1. The maximum Gasteiger partial charge on any atom is 0.270 e. The molecule has 0 radical (unpaired) electrons. The molecule has 8 heteroatoms. The molecule has 1 saturated heterocycles. The summed E-state index contributed by atoms with van der Waals surface area (Å²) in [6.07, 6.45) is 1.77. The minimum absolute atomic E-state index is 0.0410. The van der Waals surface area contributed by atoms with Crippen molar-refractivity contribution in [2.45, 2.75) is 13.5 Å². The SMILES string of the molecule is CCOc1cc(/C=C2/SC(=S)N(c3ccccc3)C2=O)ccc1OCc1c(F)cccc1Cl. The summed E-state index contributed by atoms with van der Waals surface area (Å²) in [5, 5.41) is 0.296. The Balaban J connectivity index is 1.57. The lowest BCUT2D eigenvalue weighted by Crippen LogP contribution is -2.27. The van der Waals surface area contributed by atoms with Gasteiger partial charge in [0.2, 0.25) is 0 Å². The molecule has 1 aliphatic heterocycles. The summed E-state index contributed by atoms with van der Waals surface area (Å²) in [6.45, 7) is 2.23. The zero-order valence-corrected chi connectivity index (χ0v) is 20.0. The number of thiocarbonyl (C=S) groups is 1. The Kier molecular flexibility index (Phi) is 7.33. The minimum atomic E-state index is -0.433. The molecule has 0 spiro atoms. The number of carbonyl (C=O) groups excluding carboxylic acids is 1. The van der Waals surface area contributed by atoms with E-state index < -0.39 is 5.82 Å². The number of carbonyl (C=O) groups is 1. The summed E-state index contributed by atoms with van der Waals surface area (Å²) in [5.74, 6) is 0.323. The van der Waals surface area contributed by atoms with Crippen LogP contribution in [-0.4, -0.2) is 16.8 Å². The van der Waals surface area contributed by atoms with E-state index in [1.54, 1.807) is 36.4 Å². The number of halogens is 2. The van der Waals surface area contributed by atoms with Crippen molar-refractivity contribution < 1.29 is 18.7 Å². The van der Waals surface area contributed by atoms with Crippen LogP contribution in [-0.2, 0) is 11.4 Å². The van der Waals surface area contributed by atoms with Gasteiger partial charge in [-0.15, -0.1) is 0 Å². The lowest BCUT2D eigenvalue weighted by molar-refractivity contribution is -0.113. The fraction of sp³-hybridized carbons (Fsp3) is 0.120. The third-order valence-corrected chi connectivity index (χ3v) is 6.46. The molecule has 0 saturated carbocycles. The van der Waals surface area contributed by atoms with Crippen molar-refractivity contribution in [3.63, 3.8) is 0 Å². The average molecular weight is 500 g/mol. The van der Waals surface area contributed by atoms with Gasteiger partial charge in [-0.05, 0) is 55.0 Å². The minimum Gasteiger partial charge on any atom is -0.490 e. The highest BCUT2D eigenvalue weighted by atomic mass is 35.5. The van der Waals surface area contributed by atoms with E-state index >= 15 is 0 Å². The molecule has 4 rings (SSSR count). The van der Waals surface area contributed by atoms with Gasteiger partial charge in [-0.25, -0.2) is 4.39 Å². The maximum absolute atomic E-state index is 14.1. The molecule has 3 aromatic carbocycles. The Morgan fingerprint density at radius 1 is 1.06 bits per heavy atom. The molecule has 3 aromatic rings. The van der Waals surface area contributed by atoms with Crippen LogP contribution in [0.2, 0.25) is 5.02 Å². The van der Waals surface area contributed by atoms with E-state index in [0.29, 0.717) is 32.4 Å². The number of anilines is 1. The van der Waals surface area contributed by atoms with E-state index in [0.717, 1.165) is 11.3 Å². The van der Waals surface area contributed by atoms with E-state index in [1.165, 1.54) is 22.7 Å². The number of thioether (sulfide) groups is 1. The number of benzene rings is 3. The smallest absolute Gasteiger partial charge is 0.270 e. The second kappa shape index (κ2) is 10.4. The maximum atomic E-state index is 14.1. The number of ether oxygens (including phenoxy) is 2.